The van der Waals surface area contributed by atoms with Gasteiger partial charge in [-0.05, 0) is 28.8 Å². The van der Waals surface area contributed by atoms with Gasteiger partial charge in [0.15, 0.2) is 5.92 Å². The lowest BCUT2D eigenvalue weighted by Crippen LogP contribution is -2.33. The average molecular weight is 446 g/mol. The minimum absolute atomic E-state index is 0.0125. The van der Waals surface area contributed by atoms with Gasteiger partial charge in [-0.15, -0.1) is 0 Å². The Hall–Kier alpha value is -3.93. The molecule has 0 aliphatic carbocycles. The molecule has 0 N–H and O–H groups in total. The number of benzene rings is 3. The van der Waals surface area contributed by atoms with E-state index in [1.54, 1.807) is 31.4 Å². The Bertz CT molecular complexity index is 976. The highest BCUT2D eigenvalue weighted by atomic mass is 16.6. The first kappa shape index (κ1) is 23.7. The summed E-state index contributed by atoms with van der Waals surface area (Å²) in [5, 5.41) is 0. The molecule has 6 heteroatoms. The van der Waals surface area contributed by atoms with Crippen LogP contribution in [0.25, 0.3) is 0 Å². The van der Waals surface area contributed by atoms with Gasteiger partial charge in [0.25, 0.3) is 0 Å². The zero-order chi connectivity index (χ0) is 23.5. The molecule has 0 amide bonds. The molecule has 0 radical (unpaired) electrons. The molecular weight excluding hydrogens is 420 g/mol. The van der Waals surface area contributed by atoms with E-state index in [1.165, 1.54) is 0 Å². The van der Waals surface area contributed by atoms with Crippen LogP contribution in [0, 0.1) is 5.92 Å². The summed E-state index contributed by atoms with van der Waals surface area (Å²) in [6.07, 6.45) is 0.648. The molecule has 3 aromatic carbocycles. The van der Waals surface area contributed by atoms with E-state index in [2.05, 4.69) is 0 Å². The van der Waals surface area contributed by atoms with Crippen LogP contribution in [0.1, 0.15) is 29.0 Å². The molecule has 1 atom stereocenters. The minimum Gasteiger partial charge on any atom is -0.497 e. The Morgan fingerprint density at radius 3 is 1.67 bits per heavy atom. The zero-order valence-corrected chi connectivity index (χ0v) is 18.4. The molecule has 0 bridgehead atoms. The predicted octanol–water partition coefficient (Wildman–Crippen LogP) is 4.47. The molecule has 3 rings (SSSR count). The van der Waals surface area contributed by atoms with E-state index in [-0.39, 0.29) is 19.6 Å². The highest BCUT2D eigenvalue weighted by Gasteiger charge is 2.38. The predicted molar refractivity (Wildman–Crippen MR) is 122 cm³/mol. The van der Waals surface area contributed by atoms with E-state index in [4.69, 9.17) is 14.2 Å². The summed E-state index contributed by atoms with van der Waals surface area (Å²) in [5.41, 5.74) is 2.22. The topological polar surface area (TPSA) is 78.9 Å². The third-order valence-corrected chi connectivity index (χ3v) is 5.25. The molecule has 3 aromatic rings. The van der Waals surface area contributed by atoms with Crippen LogP contribution in [0.5, 0.6) is 5.75 Å². The summed E-state index contributed by atoms with van der Waals surface area (Å²) < 4.78 is 16.1. The molecule has 0 spiro atoms. The normalized spacial score (nSPS) is 11.5. The van der Waals surface area contributed by atoms with E-state index in [0.717, 1.165) is 11.1 Å². The fourth-order valence-electron chi connectivity index (χ4n) is 3.48. The van der Waals surface area contributed by atoms with E-state index >= 15 is 0 Å². The summed E-state index contributed by atoms with van der Waals surface area (Å²) in [5.74, 6) is -2.88. The maximum absolute atomic E-state index is 13.1. The Kier molecular flexibility index (Phi) is 8.77. The van der Waals surface area contributed by atoms with Crippen LogP contribution < -0.4 is 4.74 Å². The number of carbonyl (C=O) groups excluding carboxylic acids is 3. The average Bonchev–Trinajstić information content (AvgIpc) is 2.87. The van der Waals surface area contributed by atoms with Crippen molar-refractivity contribution in [2.75, 3.05) is 7.11 Å². The highest BCUT2D eigenvalue weighted by Crippen LogP contribution is 2.31. The first-order valence-corrected chi connectivity index (χ1v) is 10.6. The van der Waals surface area contributed by atoms with Gasteiger partial charge in [0.05, 0.1) is 7.11 Å². The van der Waals surface area contributed by atoms with Crippen molar-refractivity contribution in [1.82, 2.24) is 0 Å². The summed E-state index contributed by atoms with van der Waals surface area (Å²) in [6.45, 7) is 0.0249. The Morgan fingerprint density at radius 1 is 0.758 bits per heavy atom. The number of methoxy groups -OCH3 is 1. The SMILES string of the molecule is COc1ccc(C(CC=O)C(C(=O)OCc2ccccc2)C(=O)OCc2ccccc2)cc1. The summed E-state index contributed by atoms with van der Waals surface area (Å²) in [4.78, 5) is 37.7. The molecular formula is C27H26O6. The van der Waals surface area contributed by atoms with Crippen LogP contribution in [0.15, 0.2) is 84.9 Å². The second-order valence-corrected chi connectivity index (χ2v) is 7.45. The van der Waals surface area contributed by atoms with Crippen molar-refractivity contribution in [1.29, 1.82) is 0 Å². The lowest BCUT2D eigenvalue weighted by molar-refractivity contribution is -0.165. The van der Waals surface area contributed by atoms with E-state index in [1.807, 2.05) is 60.7 Å². The van der Waals surface area contributed by atoms with Crippen molar-refractivity contribution in [2.24, 2.45) is 5.92 Å². The molecule has 0 saturated heterocycles. The highest BCUT2D eigenvalue weighted by molar-refractivity contribution is 5.96. The summed E-state index contributed by atoms with van der Waals surface area (Å²) >= 11 is 0. The lowest BCUT2D eigenvalue weighted by atomic mass is 9.83. The number of aldehydes is 1. The van der Waals surface area contributed by atoms with E-state index in [9.17, 15) is 14.4 Å². The molecule has 6 nitrogen and oxygen atoms in total. The van der Waals surface area contributed by atoms with Crippen LogP contribution in [0.2, 0.25) is 0 Å². The van der Waals surface area contributed by atoms with Crippen LogP contribution in [0.4, 0.5) is 0 Å². The molecule has 0 heterocycles. The van der Waals surface area contributed by atoms with Crippen molar-refractivity contribution in [3.63, 3.8) is 0 Å². The second-order valence-electron chi connectivity index (χ2n) is 7.45. The molecule has 170 valence electrons. The van der Waals surface area contributed by atoms with E-state index < -0.39 is 23.8 Å². The number of carbonyl (C=O) groups is 3. The van der Waals surface area contributed by atoms with Crippen LogP contribution in [0.3, 0.4) is 0 Å². The first-order valence-electron chi connectivity index (χ1n) is 10.6. The second kappa shape index (κ2) is 12.2. The molecule has 0 aromatic heterocycles. The van der Waals surface area contributed by atoms with Gasteiger partial charge in [-0.3, -0.25) is 9.59 Å². The van der Waals surface area contributed by atoms with Crippen LogP contribution >= 0.6 is 0 Å². The fourth-order valence-corrected chi connectivity index (χ4v) is 3.48. The summed E-state index contributed by atoms with van der Waals surface area (Å²) in [6, 6.07) is 25.2. The van der Waals surface area contributed by atoms with Crippen LogP contribution in [-0.4, -0.2) is 25.3 Å². The lowest BCUT2D eigenvalue weighted by Gasteiger charge is -2.24. The Balaban J connectivity index is 1.84. The number of ether oxygens (including phenoxy) is 3. The number of esters is 2. The van der Waals surface area contributed by atoms with Gasteiger partial charge in [0.1, 0.15) is 25.2 Å². The number of hydrogen-bond acceptors (Lipinski definition) is 6. The molecule has 0 aliphatic heterocycles. The van der Waals surface area contributed by atoms with E-state index in [0.29, 0.717) is 17.6 Å². The molecule has 1 unspecified atom stereocenters. The quantitative estimate of drug-likeness (QED) is 0.246. The van der Waals surface area contributed by atoms with Gasteiger partial charge >= 0.3 is 11.9 Å². The first-order chi connectivity index (χ1) is 16.1. The number of hydrogen-bond donors (Lipinski definition) is 0. The van der Waals surface area contributed by atoms with Crippen molar-refractivity contribution in [2.45, 2.75) is 25.6 Å². The maximum atomic E-state index is 13.1. The molecule has 0 saturated carbocycles. The smallest absolute Gasteiger partial charge is 0.321 e. The third-order valence-electron chi connectivity index (χ3n) is 5.25. The van der Waals surface area contributed by atoms with Crippen molar-refractivity contribution < 1.29 is 28.6 Å². The largest absolute Gasteiger partial charge is 0.497 e. The van der Waals surface area contributed by atoms with Gasteiger partial charge in [-0.2, -0.15) is 0 Å². The van der Waals surface area contributed by atoms with Crippen LogP contribution in [-0.2, 0) is 37.1 Å². The third kappa shape index (κ3) is 6.77. The van der Waals surface area contributed by atoms with Gasteiger partial charge in [-0.25, -0.2) is 0 Å². The van der Waals surface area contributed by atoms with Crippen molar-refractivity contribution in [3.05, 3.63) is 102 Å². The standard InChI is InChI=1S/C27H26O6/c1-31-23-14-12-22(13-15-23)24(16-17-28)25(26(29)32-18-20-8-4-2-5-9-20)27(30)33-19-21-10-6-3-7-11-21/h2-15,17,24-25H,16,18-19H2,1H3. The van der Waals surface area contributed by atoms with Crippen molar-refractivity contribution in [3.8, 4) is 5.75 Å². The molecule has 0 fully saturated rings. The Morgan fingerprint density at radius 2 is 1.24 bits per heavy atom. The van der Waals surface area contributed by atoms with Gasteiger partial charge in [0, 0.05) is 12.3 Å². The van der Waals surface area contributed by atoms with Gasteiger partial charge < -0.3 is 19.0 Å². The molecule has 33 heavy (non-hydrogen) atoms. The monoisotopic (exact) mass is 446 g/mol. The van der Waals surface area contributed by atoms with Gasteiger partial charge in [-0.1, -0.05) is 72.8 Å². The Labute approximate surface area is 193 Å². The van der Waals surface area contributed by atoms with Gasteiger partial charge in [0.2, 0.25) is 0 Å². The number of rotatable bonds is 11. The molecule has 0 aliphatic rings. The zero-order valence-electron chi connectivity index (χ0n) is 18.4. The maximum Gasteiger partial charge on any atom is 0.321 e. The fraction of sp³-hybridized carbons (Fsp3) is 0.222. The summed E-state index contributed by atoms with van der Waals surface area (Å²) in [7, 11) is 1.54. The minimum atomic E-state index is -1.30. The van der Waals surface area contributed by atoms with Crippen molar-refractivity contribution >= 4 is 18.2 Å².